The van der Waals surface area contributed by atoms with Crippen LogP contribution in [0.4, 0.5) is 0 Å². The van der Waals surface area contributed by atoms with Crippen LogP contribution in [0.1, 0.15) is 13.8 Å². The van der Waals surface area contributed by atoms with Gasteiger partial charge in [0.2, 0.25) is 0 Å². The van der Waals surface area contributed by atoms with Gasteiger partial charge in [0.05, 0.1) is 6.61 Å². The molecule has 140 valence electrons. The van der Waals surface area contributed by atoms with Crippen molar-refractivity contribution in [1.29, 1.82) is 0 Å². The van der Waals surface area contributed by atoms with Crippen molar-refractivity contribution in [3.8, 4) is 0 Å². The average molecular weight is 350 g/mol. The molecule has 1 aliphatic rings. The number of hydrogen-bond donors (Lipinski definition) is 0. The van der Waals surface area contributed by atoms with Gasteiger partial charge in [0.15, 0.2) is 18.5 Å². The first kappa shape index (κ1) is 20.8. The molecule has 9 heteroatoms. The molecule has 1 fully saturated rings. The third-order valence-electron chi connectivity index (χ3n) is 3.62. The van der Waals surface area contributed by atoms with E-state index >= 15 is 0 Å². The van der Waals surface area contributed by atoms with Gasteiger partial charge in [0.25, 0.3) is 0 Å². The smallest absolute Gasteiger partial charge is 0.303 e. The van der Waals surface area contributed by atoms with Crippen LogP contribution >= 0.6 is 0 Å². The summed E-state index contributed by atoms with van der Waals surface area (Å²) in [5.74, 6) is -1.04. The van der Waals surface area contributed by atoms with Crippen molar-refractivity contribution in [3.05, 3.63) is 0 Å². The molecule has 9 nitrogen and oxygen atoms in total. The molecule has 0 spiro atoms. The minimum Gasteiger partial charge on any atom is -0.457 e. The Kier molecular flexibility index (Phi) is 8.57. The quantitative estimate of drug-likeness (QED) is 0.556. The van der Waals surface area contributed by atoms with E-state index in [1.165, 1.54) is 42.3 Å². The van der Waals surface area contributed by atoms with Crippen LogP contribution in [0, 0.1) is 0 Å². The lowest BCUT2D eigenvalue weighted by Gasteiger charge is -2.45. The largest absolute Gasteiger partial charge is 0.457 e. The molecule has 0 aromatic heterocycles. The van der Waals surface area contributed by atoms with Gasteiger partial charge in [-0.15, -0.1) is 0 Å². The molecule has 0 N–H and O–H groups in total. The molecule has 0 saturated carbocycles. The standard InChI is InChI=1S/C15H26O9/c1-8(16)22-10(7-18-3)11-13(23-9(2)17)12(19-4)14(20-5)15(21-6)24-11/h10-15H,7H2,1-6H3/t10-,11-,12+,13-,14-,15?/m1/s1. The van der Waals surface area contributed by atoms with Gasteiger partial charge in [-0.3, -0.25) is 9.59 Å². The Bertz CT molecular complexity index is 414. The average Bonchev–Trinajstić information content (AvgIpc) is 2.52. The second kappa shape index (κ2) is 9.90. The van der Waals surface area contributed by atoms with E-state index in [1.54, 1.807) is 0 Å². The van der Waals surface area contributed by atoms with Crippen LogP contribution in [-0.4, -0.2) is 83.8 Å². The van der Waals surface area contributed by atoms with E-state index in [4.69, 9.17) is 33.2 Å². The summed E-state index contributed by atoms with van der Waals surface area (Å²) >= 11 is 0. The van der Waals surface area contributed by atoms with Crippen molar-refractivity contribution in [2.45, 2.75) is 50.7 Å². The third-order valence-corrected chi connectivity index (χ3v) is 3.62. The fourth-order valence-corrected chi connectivity index (χ4v) is 2.74. The van der Waals surface area contributed by atoms with Gasteiger partial charge in [0, 0.05) is 42.3 Å². The molecule has 1 rings (SSSR count). The molecule has 1 unspecified atom stereocenters. The summed E-state index contributed by atoms with van der Waals surface area (Å²) in [6.07, 6.45) is -4.65. The Hall–Kier alpha value is -1.26. The highest BCUT2D eigenvalue weighted by Crippen LogP contribution is 2.30. The van der Waals surface area contributed by atoms with Crippen molar-refractivity contribution in [3.63, 3.8) is 0 Å². The highest BCUT2D eigenvalue weighted by atomic mass is 16.7. The monoisotopic (exact) mass is 350 g/mol. The predicted octanol–water partition coefficient (Wildman–Crippen LogP) is -0.102. The van der Waals surface area contributed by atoms with E-state index in [0.29, 0.717) is 0 Å². The zero-order chi connectivity index (χ0) is 18.3. The number of hydrogen-bond acceptors (Lipinski definition) is 9. The molecular weight excluding hydrogens is 324 g/mol. The number of rotatable bonds is 8. The Morgan fingerprint density at radius 2 is 1.54 bits per heavy atom. The first-order chi connectivity index (χ1) is 11.4. The first-order valence-electron chi connectivity index (χ1n) is 7.46. The number of carbonyl (C=O) groups excluding carboxylic acids is 2. The van der Waals surface area contributed by atoms with Crippen LogP contribution in [0.15, 0.2) is 0 Å². The van der Waals surface area contributed by atoms with Crippen molar-refractivity contribution in [2.75, 3.05) is 35.0 Å². The van der Waals surface area contributed by atoms with E-state index in [0.717, 1.165) is 0 Å². The number of carbonyl (C=O) groups is 2. The normalized spacial score (nSPS) is 31.3. The topological polar surface area (TPSA) is 98.8 Å². The van der Waals surface area contributed by atoms with Crippen molar-refractivity contribution in [2.24, 2.45) is 0 Å². The second-order valence-corrected chi connectivity index (χ2v) is 5.28. The fraction of sp³-hybridized carbons (Fsp3) is 0.867. The molecule has 1 saturated heterocycles. The SMILES string of the molecule is COC[C@@H](OC(C)=O)[C@H]1OC(OC)[C@H](OC)[C@@H](OC)[C@@H]1OC(C)=O. The predicted molar refractivity (Wildman–Crippen MR) is 80.2 cm³/mol. The summed E-state index contributed by atoms with van der Waals surface area (Å²) in [4.78, 5) is 22.9. The van der Waals surface area contributed by atoms with E-state index in [2.05, 4.69) is 0 Å². The summed E-state index contributed by atoms with van der Waals surface area (Å²) in [6, 6.07) is 0. The molecule has 0 aromatic rings. The number of methoxy groups -OCH3 is 4. The van der Waals surface area contributed by atoms with Gasteiger partial charge < -0.3 is 33.2 Å². The Labute approximate surface area is 141 Å². The summed E-state index contributed by atoms with van der Waals surface area (Å²) < 4.78 is 37.7. The molecule has 24 heavy (non-hydrogen) atoms. The maximum absolute atomic E-state index is 11.5. The second-order valence-electron chi connectivity index (χ2n) is 5.28. The maximum Gasteiger partial charge on any atom is 0.303 e. The molecular formula is C15H26O9. The maximum atomic E-state index is 11.5. The molecule has 0 aliphatic carbocycles. The zero-order valence-corrected chi connectivity index (χ0v) is 14.8. The van der Waals surface area contributed by atoms with Gasteiger partial charge in [-0.2, -0.15) is 0 Å². The summed E-state index contributed by atoms with van der Waals surface area (Å²) in [5.41, 5.74) is 0. The Morgan fingerprint density at radius 3 is 1.96 bits per heavy atom. The molecule has 1 heterocycles. The molecule has 1 aliphatic heterocycles. The van der Waals surface area contributed by atoms with Gasteiger partial charge in [-0.05, 0) is 0 Å². The molecule has 0 radical (unpaired) electrons. The van der Waals surface area contributed by atoms with Crippen LogP contribution < -0.4 is 0 Å². The molecule has 0 bridgehead atoms. The summed E-state index contributed by atoms with van der Waals surface area (Å²) in [5, 5.41) is 0. The van der Waals surface area contributed by atoms with E-state index in [9.17, 15) is 9.59 Å². The van der Waals surface area contributed by atoms with E-state index in [-0.39, 0.29) is 6.61 Å². The zero-order valence-electron chi connectivity index (χ0n) is 14.8. The molecule has 6 atom stereocenters. The first-order valence-corrected chi connectivity index (χ1v) is 7.46. The van der Waals surface area contributed by atoms with Crippen LogP contribution in [-0.2, 0) is 42.7 Å². The lowest BCUT2D eigenvalue weighted by atomic mass is 9.94. The van der Waals surface area contributed by atoms with Crippen molar-refractivity contribution >= 4 is 11.9 Å². The van der Waals surface area contributed by atoms with Crippen LogP contribution in [0.25, 0.3) is 0 Å². The summed E-state index contributed by atoms with van der Waals surface area (Å²) in [7, 11) is 5.83. The van der Waals surface area contributed by atoms with Gasteiger partial charge in [0.1, 0.15) is 18.3 Å². The van der Waals surface area contributed by atoms with Gasteiger partial charge >= 0.3 is 11.9 Å². The Morgan fingerprint density at radius 1 is 0.917 bits per heavy atom. The minimum atomic E-state index is -0.872. The third kappa shape index (κ3) is 5.12. The van der Waals surface area contributed by atoms with E-state index < -0.39 is 48.7 Å². The lowest BCUT2D eigenvalue weighted by Crippen LogP contribution is -2.64. The van der Waals surface area contributed by atoms with Crippen molar-refractivity contribution < 1.29 is 42.7 Å². The van der Waals surface area contributed by atoms with Gasteiger partial charge in [-0.25, -0.2) is 0 Å². The summed E-state index contributed by atoms with van der Waals surface area (Å²) in [6.45, 7) is 2.59. The Balaban J connectivity index is 3.18. The lowest BCUT2D eigenvalue weighted by molar-refractivity contribution is -0.316. The van der Waals surface area contributed by atoms with Crippen LogP contribution in [0.3, 0.4) is 0 Å². The molecule has 0 aromatic carbocycles. The highest BCUT2D eigenvalue weighted by molar-refractivity contribution is 5.67. The minimum absolute atomic E-state index is 0.0481. The van der Waals surface area contributed by atoms with Gasteiger partial charge in [-0.1, -0.05) is 0 Å². The van der Waals surface area contributed by atoms with Crippen LogP contribution in [0.5, 0.6) is 0 Å². The van der Waals surface area contributed by atoms with Crippen LogP contribution in [0.2, 0.25) is 0 Å². The molecule has 0 amide bonds. The number of esters is 2. The fourth-order valence-electron chi connectivity index (χ4n) is 2.74. The number of ether oxygens (including phenoxy) is 7. The highest BCUT2D eigenvalue weighted by Gasteiger charge is 2.52. The van der Waals surface area contributed by atoms with Crippen molar-refractivity contribution in [1.82, 2.24) is 0 Å². The van der Waals surface area contributed by atoms with E-state index in [1.807, 2.05) is 0 Å².